The fourth-order valence-electron chi connectivity index (χ4n) is 2.76. The lowest BCUT2D eigenvalue weighted by atomic mass is 9.87. The Morgan fingerprint density at radius 2 is 1.80 bits per heavy atom. The van der Waals surface area contributed by atoms with Gasteiger partial charge in [-0.15, -0.1) is 0 Å². The lowest BCUT2D eigenvalue weighted by Crippen LogP contribution is -2.15. The molecular weight excluding hydrogens is 278 g/mol. The number of hydrogen-bond donors (Lipinski definition) is 2. The third-order valence-electron chi connectivity index (χ3n) is 3.91. The standard InChI is InChI=1S/C15H20F2N2S/c16-12-8-11(15(18)20)9-13(17)14(12)19-7-6-10-4-2-1-3-5-10/h8-10,19H,1-7H2,(H2,18,20). The Morgan fingerprint density at radius 1 is 1.20 bits per heavy atom. The molecule has 0 atom stereocenters. The minimum absolute atomic E-state index is 0.00319. The average Bonchev–Trinajstić information content (AvgIpc) is 2.42. The van der Waals surface area contributed by atoms with Crippen LogP contribution in [0.3, 0.4) is 0 Å². The average molecular weight is 298 g/mol. The molecule has 1 aromatic rings. The number of nitrogens with one attached hydrogen (secondary N) is 1. The van der Waals surface area contributed by atoms with Crippen molar-refractivity contribution in [3.63, 3.8) is 0 Å². The topological polar surface area (TPSA) is 38.0 Å². The Kier molecular flexibility index (Phi) is 5.29. The predicted molar refractivity (Wildman–Crippen MR) is 81.9 cm³/mol. The summed E-state index contributed by atoms with van der Waals surface area (Å²) in [5.74, 6) is -0.605. The third kappa shape index (κ3) is 3.88. The van der Waals surface area contributed by atoms with Crippen LogP contribution >= 0.6 is 12.2 Å². The van der Waals surface area contributed by atoms with Crippen molar-refractivity contribution >= 4 is 22.9 Å². The van der Waals surface area contributed by atoms with Crippen LogP contribution in [0.4, 0.5) is 14.5 Å². The number of anilines is 1. The van der Waals surface area contributed by atoms with Gasteiger partial charge in [0.05, 0.1) is 0 Å². The van der Waals surface area contributed by atoms with Crippen LogP contribution in [0.25, 0.3) is 0 Å². The molecule has 0 amide bonds. The summed E-state index contributed by atoms with van der Waals surface area (Å²) in [6.07, 6.45) is 7.27. The zero-order chi connectivity index (χ0) is 14.5. The van der Waals surface area contributed by atoms with E-state index in [-0.39, 0.29) is 16.2 Å². The fraction of sp³-hybridized carbons (Fsp3) is 0.533. The summed E-state index contributed by atoms with van der Waals surface area (Å²) in [5, 5.41) is 2.86. The number of benzene rings is 1. The monoisotopic (exact) mass is 298 g/mol. The molecule has 1 aromatic carbocycles. The summed E-state index contributed by atoms with van der Waals surface area (Å²) < 4.78 is 27.6. The molecule has 0 saturated heterocycles. The lowest BCUT2D eigenvalue weighted by Gasteiger charge is -2.21. The van der Waals surface area contributed by atoms with Crippen molar-refractivity contribution in [1.82, 2.24) is 0 Å². The van der Waals surface area contributed by atoms with Gasteiger partial charge in [-0.2, -0.15) is 0 Å². The fourth-order valence-corrected chi connectivity index (χ4v) is 2.88. The van der Waals surface area contributed by atoms with Crippen molar-refractivity contribution < 1.29 is 8.78 Å². The van der Waals surface area contributed by atoms with E-state index in [0.29, 0.717) is 12.5 Å². The molecule has 0 bridgehead atoms. The van der Waals surface area contributed by atoms with Gasteiger partial charge in [-0.25, -0.2) is 8.78 Å². The van der Waals surface area contributed by atoms with Crippen molar-refractivity contribution in [2.24, 2.45) is 11.7 Å². The molecule has 2 rings (SSSR count). The molecule has 0 unspecified atom stereocenters. The first-order valence-electron chi connectivity index (χ1n) is 7.10. The summed E-state index contributed by atoms with van der Waals surface area (Å²) >= 11 is 4.72. The van der Waals surface area contributed by atoms with Crippen molar-refractivity contribution in [3.05, 3.63) is 29.3 Å². The van der Waals surface area contributed by atoms with E-state index in [2.05, 4.69) is 5.32 Å². The van der Waals surface area contributed by atoms with Gasteiger partial charge in [0.15, 0.2) is 0 Å². The van der Waals surface area contributed by atoms with Gasteiger partial charge >= 0.3 is 0 Å². The van der Waals surface area contributed by atoms with Gasteiger partial charge in [0.25, 0.3) is 0 Å². The van der Waals surface area contributed by atoms with Gasteiger partial charge in [-0.1, -0.05) is 44.3 Å². The van der Waals surface area contributed by atoms with Crippen molar-refractivity contribution in [3.8, 4) is 0 Å². The highest BCUT2D eigenvalue weighted by atomic mass is 32.1. The number of thiocarbonyl (C=S) groups is 1. The molecule has 1 saturated carbocycles. The van der Waals surface area contributed by atoms with Gasteiger partial charge in [0, 0.05) is 12.1 Å². The molecule has 5 heteroatoms. The maximum atomic E-state index is 13.8. The Balaban J connectivity index is 1.93. The Morgan fingerprint density at radius 3 is 2.35 bits per heavy atom. The molecule has 1 fully saturated rings. The van der Waals surface area contributed by atoms with Crippen LogP contribution in [0.2, 0.25) is 0 Å². The largest absolute Gasteiger partial charge is 0.389 e. The van der Waals surface area contributed by atoms with E-state index in [4.69, 9.17) is 18.0 Å². The van der Waals surface area contributed by atoms with Gasteiger partial charge in [-0.05, 0) is 24.5 Å². The Bertz CT molecular complexity index is 462. The second-order valence-electron chi connectivity index (χ2n) is 5.40. The molecule has 1 aliphatic rings. The molecule has 0 spiro atoms. The van der Waals surface area contributed by atoms with E-state index < -0.39 is 11.6 Å². The van der Waals surface area contributed by atoms with Crippen molar-refractivity contribution in [1.29, 1.82) is 0 Å². The second kappa shape index (κ2) is 6.97. The zero-order valence-corrected chi connectivity index (χ0v) is 12.2. The summed E-state index contributed by atoms with van der Waals surface area (Å²) in [7, 11) is 0. The normalized spacial score (nSPS) is 16.1. The molecule has 0 heterocycles. The molecule has 1 aliphatic carbocycles. The number of hydrogen-bond acceptors (Lipinski definition) is 2. The quantitative estimate of drug-likeness (QED) is 0.807. The highest BCUT2D eigenvalue weighted by molar-refractivity contribution is 7.80. The van der Waals surface area contributed by atoms with Gasteiger partial charge in [0.2, 0.25) is 0 Å². The molecule has 110 valence electrons. The molecule has 20 heavy (non-hydrogen) atoms. The van der Waals surface area contributed by atoms with E-state index in [1.807, 2.05) is 0 Å². The summed E-state index contributed by atoms with van der Waals surface area (Å²) in [6.45, 7) is 0.588. The van der Waals surface area contributed by atoms with Crippen LogP contribution in [0.15, 0.2) is 12.1 Å². The van der Waals surface area contributed by atoms with Gasteiger partial charge in [-0.3, -0.25) is 0 Å². The van der Waals surface area contributed by atoms with Gasteiger partial charge in [0.1, 0.15) is 22.3 Å². The molecule has 0 aliphatic heterocycles. The SMILES string of the molecule is NC(=S)c1cc(F)c(NCCC2CCCCC2)c(F)c1. The first-order valence-corrected chi connectivity index (χ1v) is 7.51. The van der Waals surface area contributed by atoms with Crippen LogP contribution < -0.4 is 11.1 Å². The summed E-state index contributed by atoms with van der Waals surface area (Å²) in [5.41, 5.74) is 5.51. The Labute approximate surface area is 123 Å². The first-order chi connectivity index (χ1) is 9.58. The maximum absolute atomic E-state index is 13.8. The summed E-state index contributed by atoms with van der Waals surface area (Å²) in [4.78, 5) is -0.00319. The van der Waals surface area contributed by atoms with Crippen LogP contribution in [-0.2, 0) is 0 Å². The first kappa shape index (κ1) is 15.2. The van der Waals surface area contributed by atoms with Crippen molar-refractivity contribution in [2.45, 2.75) is 38.5 Å². The molecular formula is C15H20F2N2S. The Hall–Kier alpha value is -1.23. The van der Waals surface area contributed by atoms with E-state index in [9.17, 15) is 8.78 Å². The summed E-state index contributed by atoms with van der Waals surface area (Å²) in [6, 6.07) is 2.35. The number of rotatable bonds is 5. The minimum atomic E-state index is -0.642. The number of halogens is 2. The maximum Gasteiger partial charge on any atom is 0.150 e. The molecule has 2 nitrogen and oxygen atoms in total. The highest BCUT2D eigenvalue weighted by Crippen LogP contribution is 2.27. The predicted octanol–water partition coefficient (Wildman–Crippen LogP) is 3.98. The van der Waals surface area contributed by atoms with E-state index in [1.165, 1.54) is 44.2 Å². The third-order valence-corrected chi connectivity index (χ3v) is 4.14. The zero-order valence-electron chi connectivity index (χ0n) is 11.4. The highest BCUT2D eigenvalue weighted by Gasteiger charge is 2.15. The van der Waals surface area contributed by atoms with Crippen LogP contribution in [-0.4, -0.2) is 11.5 Å². The van der Waals surface area contributed by atoms with Gasteiger partial charge < -0.3 is 11.1 Å². The smallest absolute Gasteiger partial charge is 0.150 e. The van der Waals surface area contributed by atoms with Crippen molar-refractivity contribution in [2.75, 3.05) is 11.9 Å². The minimum Gasteiger partial charge on any atom is -0.389 e. The van der Waals surface area contributed by atoms with E-state index in [1.54, 1.807) is 0 Å². The molecule has 0 radical (unpaired) electrons. The number of nitrogens with two attached hydrogens (primary N) is 1. The van der Waals surface area contributed by atoms with E-state index >= 15 is 0 Å². The van der Waals surface area contributed by atoms with Crippen LogP contribution in [0.1, 0.15) is 44.1 Å². The van der Waals surface area contributed by atoms with E-state index in [0.717, 1.165) is 6.42 Å². The van der Waals surface area contributed by atoms with Crippen LogP contribution in [0.5, 0.6) is 0 Å². The molecule has 3 N–H and O–H groups in total. The van der Waals surface area contributed by atoms with Crippen LogP contribution in [0, 0.1) is 17.6 Å². The lowest BCUT2D eigenvalue weighted by molar-refractivity contribution is 0.345. The second-order valence-corrected chi connectivity index (χ2v) is 5.84. The molecule has 0 aromatic heterocycles.